The summed E-state index contributed by atoms with van der Waals surface area (Å²) < 4.78 is 4.95. The Morgan fingerprint density at radius 3 is 2.96 bits per heavy atom. The second-order valence-corrected chi connectivity index (χ2v) is 6.16. The molecule has 0 spiro atoms. The molecule has 0 bridgehead atoms. The summed E-state index contributed by atoms with van der Waals surface area (Å²) in [5.41, 5.74) is 7.21. The molecular weight excluding hydrogens is 322 g/mol. The molecule has 8 heteroatoms. The van der Waals surface area contributed by atoms with E-state index in [0.29, 0.717) is 36.8 Å². The Morgan fingerprint density at radius 2 is 2.28 bits per heavy atom. The van der Waals surface area contributed by atoms with Crippen LogP contribution in [0.1, 0.15) is 6.42 Å². The molecule has 25 heavy (non-hydrogen) atoms. The minimum absolute atomic E-state index is 0.203. The molecule has 1 aliphatic carbocycles. The van der Waals surface area contributed by atoms with Crippen molar-refractivity contribution in [2.45, 2.75) is 6.42 Å². The van der Waals surface area contributed by atoms with Gasteiger partial charge in [0.1, 0.15) is 12.4 Å². The van der Waals surface area contributed by atoms with E-state index < -0.39 is 6.09 Å². The molecule has 2 amide bonds. The largest absolute Gasteiger partial charge is 0.447 e. The first kappa shape index (κ1) is 15.2. The number of amides is 2. The van der Waals surface area contributed by atoms with Gasteiger partial charge in [-0.25, -0.2) is 9.78 Å². The second-order valence-electron chi connectivity index (χ2n) is 6.16. The van der Waals surface area contributed by atoms with Crippen LogP contribution in [-0.2, 0) is 9.53 Å². The standard InChI is InChI=1S/C17H15N5O3/c18-7-10-4-12(10)16(23)21-15-5-9-3-11(22-1-2-25-17(22)24)6-14(19)13(9)8-20-15/h3,5-6,8,10,12H,1-2,4,19H2,(H,20,21,23)/t10-,12+/m0/s1. The molecule has 1 saturated carbocycles. The van der Waals surface area contributed by atoms with Crippen LogP contribution < -0.4 is 16.0 Å². The molecule has 8 nitrogen and oxygen atoms in total. The second kappa shape index (κ2) is 5.63. The number of nitrogens with one attached hydrogen (secondary N) is 1. The maximum atomic E-state index is 12.1. The first-order chi connectivity index (χ1) is 12.1. The summed E-state index contributed by atoms with van der Waals surface area (Å²) in [7, 11) is 0. The molecule has 1 aromatic carbocycles. The molecule has 2 heterocycles. The predicted octanol–water partition coefficient (Wildman–Crippen LogP) is 1.87. The molecule has 2 fully saturated rings. The van der Waals surface area contributed by atoms with Crippen molar-refractivity contribution in [1.82, 2.24) is 4.98 Å². The van der Waals surface area contributed by atoms with Gasteiger partial charge >= 0.3 is 6.09 Å². The van der Waals surface area contributed by atoms with E-state index in [1.54, 1.807) is 18.3 Å². The van der Waals surface area contributed by atoms with E-state index in [-0.39, 0.29) is 17.7 Å². The topological polar surface area (TPSA) is 121 Å². The van der Waals surface area contributed by atoms with E-state index in [1.165, 1.54) is 4.90 Å². The Bertz CT molecular complexity index is 936. The molecule has 0 unspecified atom stereocenters. The molecule has 126 valence electrons. The van der Waals surface area contributed by atoms with Crippen LogP contribution in [0.4, 0.5) is 22.0 Å². The van der Waals surface area contributed by atoms with Crippen LogP contribution in [-0.4, -0.2) is 30.1 Å². The zero-order valence-electron chi connectivity index (χ0n) is 13.2. The zero-order valence-corrected chi connectivity index (χ0v) is 13.2. The number of ether oxygens (including phenoxy) is 1. The Hall–Kier alpha value is -3.34. The number of nitrogen functional groups attached to an aromatic ring is 1. The molecule has 1 aromatic heterocycles. The number of carbonyl (C=O) groups excluding carboxylic acids is 2. The maximum Gasteiger partial charge on any atom is 0.414 e. The molecule has 1 aliphatic heterocycles. The number of carbonyl (C=O) groups is 2. The zero-order chi connectivity index (χ0) is 17.6. The van der Waals surface area contributed by atoms with Crippen molar-refractivity contribution in [1.29, 1.82) is 5.26 Å². The highest BCUT2D eigenvalue weighted by Gasteiger charge is 2.43. The number of benzene rings is 1. The Labute approximate surface area is 143 Å². The van der Waals surface area contributed by atoms with Crippen molar-refractivity contribution in [2.24, 2.45) is 11.8 Å². The minimum Gasteiger partial charge on any atom is -0.447 e. The number of hydrogen-bond donors (Lipinski definition) is 2. The van der Waals surface area contributed by atoms with Gasteiger partial charge in [-0.2, -0.15) is 5.26 Å². The van der Waals surface area contributed by atoms with Crippen LogP contribution >= 0.6 is 0 Å². The molecular formula is C17H15N5O3. The number of cyclic esters (lactones) is 1. The quantitative estimate of drug-likeness (QED) is 0.825. The highest BCUT2D eigenvalue weighted by Crippen LogP contribution is 2.38. The molecule has 4 rings (SSSR count). The number of nitriles is 1. The fourth-order valence-corrected chi connectivity index (χ4v) is 2.97. The first-order valence-corrected chi connectivity index (χ1v) is 7.91. The molecule has 1 saturated heterocycles. The number of aromatic nitrogens is 1. The van der Waals surface area contributed by atoms with Gasteiger partial charge in [-0.05, 0) is 30.0 Å². The lowest BCUT2D eigenvalue weighted by atomic mass is 10.1. The summed E-state index contributed by atoms with van der Waals surface area (Å²) in [4.78, 5) is 29.5. The van der Waals surface area contributed by atoms with E-state index in [4.69, 9.17) is 15.7 Å². The third kappa shape index (κ3) is 2.70. The van der Waals surface area contributed by atoms with E-state index in [1.807, 2.05) is 6.07 Å². The van der Waals surface area contributed by atoms with Gasteiger partial charge in [0.05, 0.1) is 24.4 Å². The van der Waals surface area contributed by atoms with E-state index >= 15 is 0 Å². The van der Waals surface area contributed by atoms with Crippen LogP contribution in [0.25, 0.3) is 10.8 Å². The average Bonchev–Trinajstić information content (AvgIpc) is 3.27. The summed E-state index contributed by atoms with van der Waals surface area (Å²) in [5, 5.41) is 13.0. The summed E-state index contributed by atoms with van der Waals surface area (Å²) >= 11 is 0. The van der Waals surface area contributed by atoms with Gasteiger partial charge in [-0.15, -0.1) is 0 Å². The van der Waals surface area contributed by atoms with E-state index in [0.717, 1.165) is 10.8 Å². The summed E-state index contributed by atoms with van der Waals surface area (Å²) in [5.74, 6) is -0.283. The first-order valence-electron chi connectivity index (χ1n) is 7.91. The number of pyridine rings is 1. The van der Waals surface area contributed by atoms with Crippen molar-refractivity contribution in [2.75, 3.05) is 29.1 Å². The Morgan fingerprint density at radius 1 is 1.44 bits per heavy atom. The van der Waals surface area contributed by atoms with Crippen LogP contribution in [0.15, 0.2) is 24.4 Å². The number of hydrogen-bond acceptors (Lipinski definition) is 6. The fraction of sp³-hybridized carbons (Fsp3) is 0.294. The van der Waals surface area contributed by atoms with Crippen molar-refractivity contribution >= 4 is 40.0 Å². The Balaban J connectivity index is 1.64. The van der Waals surface area contributed by atoms with Crippen LogP contribution in [0.3, 0.4) is 0 Å². The third-order valence-electron chi connectivity index (χ3n) is 4.47. The van der Waals surface area contributed by atoms with Crippen molar-refractivity contribution < 1.29 is 14.3 Å². The lowest BCUT2D eigenvalue weighted by Gasteiger charge is -2.15. The lowest BCUT2D eigenvalue weighted by molar-refractivity contribution is -0.117. The lowest BCUT2D eigenvalue weighted by Crippen LogP contribution is -2.23. The van der Waals surface area contributed by atoms with Crippen LogP contribution in [0.5, 0.6) is 0 Å². The number of anilines is 3. The summed E-state index contributed by atoms with van der Waals surface area (Å²) in [6.07, 6.45) is 1.77. The highest BCUT2D eigenvalue weighted by molar-refractivity contribution is 6.01. The van der Waals surface area contributed by atoms with E-state index in [9.17, 15) is 9.59 Å². The summed E-state index contributed by atoms with van der Waals surface area (Å²) in [6.45, 7) is 0.811. The summed E-state index contributed by atoms with van der Waals surface area (Å²) in [6, 6.07) is 7.31. The van der Waals surface area contributed by atoms with Gasteiger partial charge in [0.15, 0.2) is 0 Å². The predicted molar refractivity (Wildman–Crippen MR) is 90.7 cm³/mol. The van der Waals surface area contributed by atoms with E-state index in [2.05, 4.69) is 16.4 Å². The van der Waals surface area contributed by atoms with Gasteiger partial charge in [-0.1, -0.05) is 0 Å². The van der Waals surface area contributed by atoms with Crippen LogP contribution in [0.2, 0.25) is 0 Å². The molecule has 2 aliphatic rings. The monoisotopic (exact) mass is 337 g/mol. The molecule has 2 aromatic rings. The van der Waals surface area contributed by atoms with Crippen molar-refractivity contribution in [3.05, 3.63) is 24.4 Å². The molecule has 2 atom stereocenters. The normalized spacial score (nSPS) is 21.7. The molecule has 3 N–H and O–H groups in total. The van der Waals surface area contributed by atoms with Gasteiger partial charge in [0.25, 0.3) is 0 Å². The van der Waals surface area contributed by atoms with Gasteiger partial charge in [-0.3, -0.25) is 9.69 Å². The van der Waals surface area contributed by atoms with Crippen molar-refractivity contribution in [3.8, 4) is 6.07 Å². The highest BCUT2D eigenvalue weighted by atomic mass is 16.6. The average molecular weight is 337 g/mol. The van der Waals surface area contributed by atoms with Crippen LogP contribution in [0, 0.1) is 23.2 Å². The molecule has 0 radical (unpaired) electrons. The Kier molecular flexibility index (Phi) is 3.42. The minimum atomic E-state index is -0.405. The number of rotatable bonds is 3. The maximum absolute atomic E-state index is 12.1. The number of nitrogens with two attached hydrogens (primary N) is 1. The number of fused-ring (bicyclic) bond motifs is 1. The third-order valence-corrected chi connectivity index (χ3v) is 4.47. The van der Waals surface area contributed by atoms with Gasteiger partial charge in [0, 0.05) is 23.0 Å². The van der Waals surface area contributed by atoms with Gasteiger partial charge < -0.3 is 15.8 Å². The van der Waals surface area contributed by atoms with Crippen molar-refractivity contribution in [3.63, 3.8) is 0 Å². The smallest absolute Gasteiger partial charge is 0.414 e. The SMILES string of the molecule is N#C[C@@H]1C[C@H]1C(=O)Nc1cc2cc(N3CCOC3=O)cc(N)c2cn1. The number of nitrogens with zero attached hydrogens (tertiary/aromatic N) is 3. The fourth-order valence-electron chi connectivity index (χ4n) is 2.97. The van der Waals surface area contributed by atoms with Gasteiger partial charge in [0.2, 0.25) is 5.91 Å².